The molecule has 2 heterocycles. The minimum Gasteiger partial charge on any atom is -0.318 e. The van der Waals surface area contributed by atoms with Crippen LogP contribution >= 0.6 is 0 Å². The first kappa shape index (κ1) is 21.3. The highest BCUT2D eigenvalue weighted by atomic mass is 16.1. The van der Waals surface area contributed by atoms with Crippen LogP contribution in [0.3, 0.4) is 0 Å². The van der Waals surface area contributed by atoms with Crippen LogP contribution in [0.25, 0.3) is 5.69 Å². The average molecular weight is 402 g/mol. The average Bonchev–Trinajstić information content (AvgIpc) is 3.03. The van der Waals surface area contributed by atoms with E-state index >= 15 is 0 Å². The second kappa shape index (κ2) is 8.50. The van der Waals surface area contributed by atoms with Gasteiger partial charge in [0.25, 0.3) is 5.56 Å². The molecule has 0 atom stereocenters. The van der Waals surface area contributed by atoms with Crippen molar-refractivity contribution in [1.82, 2.24) is 14.3 Å². The Morgan fingerprint density at radius 2 is 1.77 bits per heavy atom. The number of nitriles is 1. The number of ketones is 1. The lowest BCUT2D eigenvalue weighted by molar-refractivity contribution is 0.0964. The van der Waals surface area contributed by atoms with Gasteiger partial charge in [0.1, 0.15) is 18.2 Å². The number of hydrogen-bond acceptors (Lipinski definition) is 4. The smallest absolute Gasteiger partial charge is 0.285 e. The Bertz CT molecular complexity index is 1210. The Morgan fingerprint density at radius 1 is 1.10 bits per heavy atom. The summed E-state index contributed by atoms with van der Waals surface area (Å²) in [6, 6.07) is 12.0. The van der Waals surface area contributed by atoms with Crippen LogP contribution in [0.5, 0.6) is 0 Å². The number of rotatable bonds is 6. The molecular formula is C24H26N4O2. The number of hydrogen-bond donors (Lipinski definition) is 0. The third-order valence-electron chi connectivity index (χ3n) is 5.46. The molecule has 0 saturated carbocycles. The molecule has 6 nitrogen and oxygen atoms in total. The molecule has 30 heavy (non-hydrogen) atoms. The zero-order chi connectivity index (χ0) is 22.0. The topological polar surface area (TPSA) is 80.7 Å². The lowest BCUT2D eigenvalue weighted by atomic mass is 10.0. The van der Waals surface area contributed by atoms with E-state index in [-0.39, 0.29) is 17.9 Å². The minimum absolute atomic E-state index is 0.0854. The quantitative estimate of drug-likeness (QED) is 0.587. The minimum atomic E-state index is -0.507. The molecule has 1 aromatic carbocycles. The summed E-state index contributed by atoms with van der Waals surface area (Å²) in [6.45, 7) is 9.51. The zero-order valence-electron chi connectivity index (χ0n) is 18.1. The van der Waals surface area contributed by atoms with Crippen molar-refractivity contribution in [3.8, 4) is 11.8 Å². The first-order valence-corrected chi connectivity index (χ1v) is 10.1. The van der Waals surface area contributed by atoms with Gasteiger partial charge < -0.3 is 4.57 Å². The summed E-state index contributed by atoms with van der Waals surface area (Å²) in [5.41, 5.74) is 5.39. The molecule has 0 fully saturated rings. The van der Waals surface area contributed by atoms with Crippen molar-refractivity contribution in [2.24, 2.45) is 0 Å². The van der Waals surface area contributed by atoms with Crippen LogP contribution in [0.2, 0.25) is 0 Å². The fraction of sp³-hybridized carbons (Fsp3) is 0.333. The number of aromatic nitrogens is 3. The third kappa shape index (κ3) is 3.71. The molecule has 0 bridgehead atoms. The largest absolute Gasteiger partial charge is 0.318 e. The summed E-state index contributed by atoms with van der Waals surface area (Å²) in [7, 11) is 0. The number of nitrogens with zero attached hydrogens (tertiary/aromatic N) is 4. The van der Waals surface area contributed by atoms with E-state index in [0.717, 1.165) is 21.8 Å². The van der Waals surface area contributed by atoms with E-state index < -0.39 is 5.56 Å². The molecule has 154 valence electrons. The van der Waals surface area contributed by atoms with Gasteiger partial charge in [-0.3, -0.25) is 9.59 Å². The van der Waals surface area contributed by atoms with E-state index in [1.54, 1.807) is 0 Å². The monoisotopic (exact) mass is 402 g/mol. The second-order valence-corrected chi connectivity index (χ2v) is 7.46. The SMILES string of the molecule is CCc1nn(CC(=O)c2cc(C)n(-c3ccc(C)cc3)c2C)c(=O)c(C#N)c1CC. The molecule has 2 aromatic heterocycles. The van der Waals surface area contributed by atoms with Crippen LogP contribution < -0.4 is 5.56 Å². The van der Waals surface area contributed by atoms with Crippen molar-refractivity contribution < 1.29 is 4.79 Å². The van der Waals surface area contributed by atoms with Gasteiger partial charge in [0.15, 0.2) is 5.78 Å². The first-order chi connectivity index (χ1) is 14.3. The van der Waals surface area contributed by atoms with E-state index in [2.05, 4.69) is 5.10 Å². The predicted molar refractivity (Wildman–Crippen MR) is 116 cm³/mol. The van der Waals surface area contributed by atoms with Crippen molar-refractivity contribution in [3.05, 3.63) is 80.0 Å². The molecule has 3 aromatic rings. The van der Waals surface area contributed by atoms with Crippen molar-refractivity contribution in [3.63, 3.8) is 0 Å². The van der Waals surface area contributed by atoms with Crippen molar-refractivity contribution in [2.45, 2.75) is 54.0 Å². The number of carbonyl (C=O) groups excluding carboxylic acids is 1. The highest BCUT2D eigenvalue weighted by molar-refractivity contribution is 5.97. The van der Waals surface area contributed by atoms with Gasteiger partial charge in [-0.05, 0) is 57.4 Å². The Kier molecular flexibility index (Phi) is 6.02. The van der Waals surface area contributed by atoms with E-state index in [0.29, 0.717) is 29.7 Å². The summed E-state index contributed by atoms with van der Waals surface area (Å²) >= 11 is 0. The fourth-order valence-electron chi connectivity index (χ4n) is 3.90. The summed E-state index contributed by atoms with van der Waals surface area (Å²) in [4.78, 5) is 25.8. The predicted octanol–water partition coefficient (Wildman–Crippen LogP) is 3.84. The highest BCUT2D eigenvalue weighted by Crippen LogP contribution is 2.22. The molecule has 0 spiro atoms. The van der Waals surface area contributed by atoms with Crippen LogP contribution in [-0.4, -0.2) is 20.1 Å². The normalized spacial score (nSPS) is 10.8. The van der Waals surface area contributed by atoms with Gasteiger partial charge in [-0.15, -0.1) is 0 Å². The van der Waals surface area contributed by atoms with Gasteiger partial charge in [-0.25, -0.2) is 4.68 Å². The maximum atomic E-state index is 13.1. The Labute approximate surface area is 176 Å². The molecule has 0 N–H and O–H groups in total. The van der Waals surface area contributed by atoms with E-state index in [1.807, 2.05) is 75.6 Å². The molecule has 0 unspecified atom stereocenters. The highest BCUT2D eigenvalue weighted by Gasteiger charge is 2.20. The van der Waals surface area contributed by atoms with Crippen LogP contribution in [0.15, 0.2) is 35.1 Å². The summed E-state index contributed by atoms with van der Waals surface area (Å²) < 4.78 is 3.16. The van der Waals surface area contributed by atoms with Crippen molar-refractivity contribution in [1.29, 1.82) is 5.26 Å². The summed E-state index contributed by atoms with van der Waals surface area (Å²) in [5, 5.41) is 13.9. The van der Waals surface area contributed by atoms with Gasteiger partial charge in [-0.1, -0.05) is 31.5 Å². The second-order valence-electron chi connectivity index (χ2n) is 7.46. The van der Waals surface area contributed by atoms with Crippen LogP contribution in [0.1, 0.15) is 58.0 Å². The van der Waals surface area contributed by atoms with Crippen LogP contribution in [-0.2, 0) is 19.4 Å². The lowest BCUT2D eigenvalue weighted by Gasteiger charge is -2.12. The Morgan fingerprint density at radius 3 is 2.33 bits per heavy atom. The fourth-order valence-corrected chi connectivity index (χ4v) is 3.90. The molecular weight excluding hydrogens is 376 g/mol. The van der Waals surface area contributed by atoms with E-state index in [1.165, 1.54) is 5.56 Å². The molecule has 0 aliphatic rings. The maximum Gasteiger partial charge on any atom is 0.285 e. The lowest BCUT2D eigenvalue weighted by Crippen LogP contribution is -2.31. The molecule has 6 heteroatoms. The van der Waals surface area contributed by atoms with Gasteiger partial charge >= 0.3 is 0 Å². The summed E-state index contributed by atoms with van der Waals surface area (Å²) in [5.74, 6) is -0.203. The Balaban J connectivity index is 2.02. The number of Topliss-reactive ketones (excluding diaryl/α,β-unsaturated/α-hetero) is 1. The maximum absolute atomic E-state index is 13.1. The van der Waals surface area contributed by atoms with E-state index in [4.69, 9.17) is 0 Å². The molecule has 0 aliphatic heterocycles. The van der Waals surface area contributed by atoms with Crippen molar-refractivity contribution >= 4 is 5.78 Å². The van der Waals surface area contributed by atoms with Crippen LogP contribution in [0, 0.1) is 32.1 Å². The van der Waals surface area contributed by atoms with Gasteiger partial charge in [-0.2, -0.15) is 10.4 Å². The van der Waals surface area contributed by atoms with Gasteiger partial charge in [0.2, 0.25) is 0 Å². The molecule has 3 rings (SSSR count). The molecule has 0 aliphatic carbocycles. The molecule has 0 saturated heterocycles. The van der Waals surface area contributed by atoms with Crippen molar-refractivity contribution in [2.75, 3.05) is 0 Å². The molecule has 0 amide bonds. The number of benzene rings is 1. The van der Waals surface area contributed by atoms with E-state index in [9.17, 15) is 14.9 Å². The van der Waals surface area contributed by atoms with Gasteiger partial charge in [0.05, 0.1) is 5.69 Å². The summed E-state index contributed by atoms with van der Waals surface area (Å²) in [6.07, 6.45) is 1.15. The number of carbonyl (C=O) groups is 1. The van der Waals surface area contributed by atoms with Crippen LogP contribution in [0.4, 0.5) is 0 Å². The number of aryl methyl sites for hydroxylation is 3. The van der Waals surface area contributed by atoms with Gasteiger partial charge in [0, 0.05) is 22.6 Å². The zero-order valence-corrected chi connectivity index (χ0v) is 18.1. The Hall–Kier alpha value is -3.46. The molecule has 0 radical (unpaired) electrons. The third-order valence-corrected chi connectivity index (χ3v) is 5.46. The first-order valence-electron chi connectivity index (χ1n) is 10.1. The standard InChI is InChI=1S/C24H26N4O2/c1-6-19-21(13-25)24(30)27(26-22(19)7-2)14-23(29)20-12-16(4)28(17(20)5)18-10-8-15(3)9-11-18/h8-12H,6-7,14H2,1-5H3.